The lowest BCUT2D eigenvalue weighted by Gasteiger charge is -2.13. The number of hydrogen-bond donors (Lipinski definition) is 2. The summed E-state index contributed by atoms with van der Waals surface area (Å²) in [5, 5.41) is 11.2. The van der Waals surface area contributed by atoms with Crippen molar-refractivity contribution in [1.82, 2.24) is 14.9 Å². The number of nitrogens with two attached hydrogens (primary N) is 1. The third-order valence-electron chi connectivity index (χ3n) is 4.53. The maximum Gasteiger partial charge on any atom is 0.298 e. The van der Waals surface area contributed by atoms with E-state index in [9.17, 15) is 9.59 Å². The summed E-state index contributed by atoms with van der Waals surface area (Å²) in [4.78, 5) is 30.1. The van der Waals surface area contributed by atoms with E-state index >= 15 is 0 Å². The first-order valence-corrected chi connectivity index (χ1v) is 10.1. The Bertz CT molecular complexity index is 1390. The van der Waals surface area contributed by atoms with E-state index in [0.717, 1.165) is 16.9 Å². The number of ether oxygens (including phenoxy) is 1. The lowest BCUT2D eigenvalue weighted by atomic mass is 10.2. The average molecular weight is 431 g/mol. The molecule has 2 heterocycles. The van der Waals surface area contributed by atoms with Gasteiger partial charge in [0.15, 0.2) is 5.82 Å². The van der Waals surface area contributed by atoms with Crippen LogP contribution in [0.2, 0.25) is 0 Å². The Morgan fingerprint density at radius 3 is 2.77 bits per heavy atom. The molecule has 0 aliphatic rings. The molecule has 0 atom stereocenters. The SMILES string of the molecule is Cc1ccc(-n2c(=O)c(N)nc3sc(C(=O)NCC#N)cc32)cc1Oc1ccccc1. The van der Waals surface area contributed by atoms with Crippen molar-refractivity contribution in [2.45, 2.75) is 6.92 Å². The van der Waals surface area contributed by atoms with Gasteiger partial charge in [-0.3, -0.25) is 14.2 Å². The van der Waals surface area contributed by atoms with Gasteiger partial charge < -0.3 is 15.8 Å². The van der Waals surface area contributed by atoms with Gasteiger partial charge in [0.1, 0.15) is 22.9 Å². The number of nitrogens with zero attached hydrogens (tertiary/aromatic N) is 3. The summed E-state index contributed by atoms with van der Waals surface area (Å²) < 4.78 is 7.40. The molecule has 0 saturated heterocycles. The normalized spacial score (nSPS) is 10.6. The smallest absolute Gasteiger partial charge is 0.298 e. The van der Waals surface area contributed by atoms with E-state index in [0.29, 0.717) is 32.4 Å². The highest BCUT2D eigenvalue weighted by Gasteiger charge is 2.18. The van der Waals surface area contributed by atoms with Crippen molar-refractivity contribution in [2.75, 3.05) is 12.3 Å². The van der Waals surface area contributed by atoms with E-state index in [-0.39, 0.29) is 12.4 Å². The molecule has 0 saturated carbocycles. The van der Waals surface area contributed by atoms with Gasteiger partial charge in [0, 0.05) is 6.07 Å². The third-order valence-corrected chi connectivity index (χ3v) is 5.55. The van der Waals surface area contributed by atoms with Crippen LogP contribution in [-0.2, 0) is 0 Å². The topological polar surface area (TPSA) is 123 Å². The van der Waals surface area contributed by atoms with Gasteiger partial charge in [-0.25, -0.2) is 4.98 Å². The zero-order chi connectivity index (χ0) is 22.0. The van der Waals surface area contributed by atoms with Gasteiger partial charge in [0.25, 0.3) is 11.5 Å². The molecule has 4 aromatic rings. The molecule has 0 aliphatic carbocycles. The predicted octanol–water partition coefficient (Wildman–Crippen LogP) is 3.38. The van der Waals surface area contributed by atoms with Crippen LogP contribution >= 0.6 is 11.3 Å². The molecule has 8 nitrogen and oxygen atoms in total. The molecule has 2 aromatic heterocycles. The molecule has 0 radical (unpaired) electrons. The first-order chi connectivity index (χ1) is 15.0. The van der Waals surface area contributed by atoms with Gasteiger partial charge >= 0.3 is 0 Å². The van der Waals surface area contributed by atoms with E-state index < -0.39 is 11.5 Å². The fourth-order valence-corrected chi connectivity index (χ4v) is 3.96. The zero-order valence-corrected chi connectivity index (χ0v) is 17.3. The summed E-state index contributed by atoms with van der Waals surface area (Å²) in [5.41, 5.74) is 7.24. The summed E-state index contributed by atoms with van der Waals surface area (Å²) in [5.74, 6) is 0.659. The standard InChI is InChI=1S/C22H17N5O3S/c1-13-7-8-14(11-17(13)30-15-5-3-2-4-6-15)27-16-12-18(20(28)25-10-9-23)31-21(16)26-19(24)22(27)29/h2-8,11-12H,10H2,1H3,(H2,24,26)(H,25,28). The minimum absolute atomic E-state index is 0.117. The molecular weight excluding hydrogens is 414 g/mol. The van der Waals surface area contributed by atoms with Crippen molar-refractivity contribution in [3.05, 3.63) is 75.4 Å². The highest BCUT2D eigenvalue weighted by molar-refractivity contribution is 7.20. The maximum absolute atomic E-state index is 12.9. The maximum atomic E-state index is 12.9. The Morgan fingerprint density at radius 2 is 2.03 bits per heavy atom. The molecule has 0 unspecified atom stereocenters. The van der Waals surface area contributed by atoms with Crippen molar-refractivity contribution in [1.29, 1.82) is 5.26 Å². The van der Waals surface area contributed by atoms with Crippen LogP contribution in [0, 0.1) is 18.3 Å². The highest BCUT2D eigenvalue weighted by atomic mass is 32.1. The van der Waals surface area contributed by atoms with Gasteiger partial charge in [-0.1, -0.05) is 24.3 Å². The molecule has 0 aliphatic heterocycles. The number of para-hydroxylation sites is 1. The number of rotatable bonds is 5. The van der Waals surface area contributed by atoms with E-state index in [2.05, 4.69) is 10.3 Å². The number of carbonyl (C=O) groups excluding carboxylic acids is 1. The molecule has 4 rings (SSSR count). The molecule has 0 bridgehead atoms. The lowest BCUT2D eigenvalue weighted by Crippen LogP contribution is -2.23. The number of amides is 1. The number of aryl methyl sites for hydroxylation is 1. The van der Waals surface area contributed by atoms with Crippen LogP contribution in [-0.4, -0.2) is 22.0 Å². The van der Waals surface area contributed by atoms with Crippen molar-refractivity contribution in [3.63, 3.8) is 0 Å². The van der Waals surface area contributed by atoms with E-state index in [1.807, 2.05) is 49.4 Å². The highest BCUT2D eigenvalue weighted by Crippen LogP contribution is 2.30. The second-order valence-corrected chi connectivity index (χ2v) is 7.68. The van der Waals surface area contributed by atoms with Crippen molar-refractivity contribution in [3.8, 4) is 23.3 Å². The second-order valence-electron chi connectivity index (χ2n) is 6.64. The molecule has 3 N–H and O–H groups in total. The van der Waals surface area contributed by atoms with Crippen molar-refractivity contribution >= 4 is 33.4 Å². The summed E-state index contributed by atoms with van der Waals surface area (Å²) >= 11 is 1.09. The average Bonchev–Trinajstić information content (AvgIpc) is 3.19. The Labute approximate surface area is 181 Å². The minimum atomic E-state index is -0.496. The Morgan fingerprint density at radius 1 is 1.26 bits per heavy atom. The fraction of sp³-hybridized carbons (Fsp3) is 0.0909. The van der Waals surface area contributed by atoms with E-state index in [4.69, 9.17) is 15.7 Å². The van der Waals surface area contributed by atoms with Crippen molar-refractivity contribution < 1.29 is 9.53 Å². The quantitative estimate of drug-likeness (QED) is 0.467. The number of fused-ring (bicyclic) bond motifs is 1. The summed E-state index contributed by atoms with van der Waals surface area (Å²) in [6, 6.07) is 18.1. The Hall–Kier alpha value is -4.16. The van der Waals surface area contributed by atoms with Gasteiger partial charge in [0.05, 0.1) is 22.2 Å². The number of nitriles is 1. The summed E-state index contributed by atoms with van der Waals surface area (Å²) in [6.45, 7) is 1.79. The third kappa shape index (κ3) is 3.97. The zero-order valence-electron chi connectivity index (χ0n) is 16.5. The molecule has 154 valence electrons. The molecule has 2 aromatic carbocycles. The summed E-state index contributed by atoms with van der Waals surface area (Å²) in [7, 11) is 0. The molecule has 1 amide bonds. The largest absolute Gasteiger partial charge is 0.457 e. The first-order valence-electron chi connectivity index (χ1n) is 9.29. The van der Waals surface area contributed by atoms with Crippen LogP contribution in [0.15, 0.2) is 59.4 Å². The van der Waals surface area contributed by atoms with Crippen molar-refractivity contribution in [2.24, 2.45) is 0 Å². The molecule has 9 heteroatoms. The van der Waals surface area contributed by atoms with Gasteiger partial charge in [-0.2, -0.15) is 5.26 Å². The monoisotopic (exact) mass is 431 g/mol. The van der Waals surface area contributed by atoms with E-state index in [1.165, 1.54) is 4.57 Å². The van der Waals surface area contributed by atoms with Gasteiger partial charge in [0.2, 0.25) is 0 Å². The lowest BCUT2D eigenvalue weighted by molar-refractivity contribution is 0.0962. The number of nitrogen functional groups attached to an aromatic ring is 1. The predicted molar refractivity (Wildman–Crippen MR) is 119 cm³/mol. The van der Waals surface area contributed by atoms with Crippen LogP contribution < -0.4 is 21.3 Å². The first kappa shape index (κ1) is 20.1. The second kappa shape index (κ2) is 8.30. The minimum Gasteiger partial charge on any atom is -0.457 e. The van der Waals surface area contributed by atoms with Crippen LogP contribution in [0.25, 0.3) is 16.0 Å². The van der Waals surface area contributed by atoms with Crippen LogP contribution in [0.1, 0.15) is 15.2 Å². The molecule has 0 fully saturated rings. The van der Waals surface area contributed by atoms with E-state index in [1.54, 1.807) is 18.2 Å². The number of nitrogens with one attached hydrogen (secondary N) is 1. The van der Waals surface area contributed by atoms with Gasteiger partial charge in [-0.15, -0.1) is 11.3 Å². The number of anilines is 1. The Balaban J connectivity index is 1.83. The number of benzene rings is 2. The summed E-state index contributed by atoms with van der Waals surface area (Å²) in [6.07, 6.45) is 0. The fourth-order valence-electron chi connectivity index (χ4n) is 3.02. The van der Waals surface area contributed by atoms with Crippen LogP contribution in [0.4, 0.5) is 5.82 Å². The number of hydrogen-bond acceptors (Lipinski definition) is 7. The van der Waals surface area contributed by atoms with Crippen LogP contribution in [0.5, 0.6) is 11.5 Å². The number of carbonyl (C=O) groups is 1. The number of aromatic nitrogens is 2. The molecule has 0 spiro atoms. The number of thiophene rings is 1. The molecule has 31 heavy (non-hydrogen) atoms. The van der Waals surface area contributed by atoms with Gasteiger partial charge in [-0.05, 0) is 36.8 Å². The Kier molecular flexibility index (Phi) is 5.39. The van der Waals surface area contributed by atoms with Crippen LogP contribution in [0.3, 0.4) is 0 Å². The molecular formula is C22H17N5O3S.